The van der Waals surface area contributed by atoms with E-state index in [1.165, 1.54) is 11.1 Å². The monoisotopic (exact) mass is 231 g/mol. The van der Waals surface area contributed by atoms with Crippen molar-refractivity contribution >= 4 is 0 Å². The molecular formula is C12H17N5. The van der Waals surface area contributed by atoms with Gasteiger partial charge in [-0.2, -0.15) is 4.68 Å². The van der Waals surface area contributed by atoms with Gasteiger partial charge in [-0.15, -0.1) is 5.10 Å². The first kappa shape index (κ1) is 11.7. The van der Waals surface area contributed by atoms with Gasteiger partial charge in [0, 0.05) is 0 Å². The van der Waals surface area contributed by atoms with Crippen molar-refractivity contribution < 1.29 is 0 Å². The second-order valence-electron chi connectivity index (χ2n) is 4.08. The summed E-state index contributed by atoms with van der Waals surface area (Å²) in [5.41, 5.74) is 3.45. The Morgan fingerprint density at radius 3 is 2.82 bits per heavy atom. The van der Waals surface area contributed by atoms with E-state index in [0.717, 1.165) is 18.1 Å². The highest BCUT2D eigenvalue weighted by atomic mass is 15.5. The lowest BCUT2D eigenvalue weighted by Gasteiger charge is -2.08. The summed E-state index contributed by atoms with van der Waals surface area (Å²) in [6.45, 7) is 7.79. The number of hydrogen-bond acceptors (Lipinski definition) is 4. The zero-order chi connectivity index (χ0) is 12.3. The van der Waals surface area contributed by atoms with E-state index >= 15 is 0 Å². The van der Waals surface area contributed by atoms with Crippen LogP contribution in [0.1, 0.15) is 23.9 Å². The first-order valence-corrected chi connectivity index (χ1v) is 5.78. The Bertz CT molecular complexity index is 503. The lowest BCUT2D eigenvalue weighted by atomic mass is 10.1. The quantitative estimate of drug-likeness (QED) is 0.864. The molecule has 0 bridgehead atoms. The molecule has 1 aromatic heterocycles. The van der Waals surface area contributed by atoms with E-state index in [4.69, 9.17) is 0 Å². The standard InChI is InChI=1S/C12H17N5/c1-4-13-8-12-14-15-16-17(12)11-6-5-9(2)7-10(11)3/h5-7,13H,4,8H2,1-3H3. The molecule has 90 valence electrons. The number of aromatic nitrogens is 4. The summed E-state index contributed by atoms with van der Waals surface area (Å²) in [5, 5.41) is 15.0. The van der Waals surface area contributed by atoms with Gasteiger partial charge in [0.2, 0.25) is 0 Å². The summed E-state index contributed by atoms with van der Waals surface area (Å²) in [6, 6.07) is 6.26. The van der Waals surface area contributed by atoms with Crippen LogP contribution in [0.15, 0.2) is 18.2 Å². The SMILES string of the molecule is CCNCc1nnnn1-c1ccc(C)cc1C. The summed E-state index contributed by atoms with van der Waals surface area (Å²) >= 11 is 0. The number of nitrogens with zero attached hydrogens (tertiary/aromatic N) is 4. The molecular weight excluding hydrogens is 214 g/mol. The van der Waals surface area contributed by atoms with Gasteiger partial charge in [-0.1, -0.05) is 24.6 Å². The molecule has 0 atom stereocenters. The van der Waals surface area contributed by atoms with Crippen LogP contribution in [0.4, 0.5) is 0 Å². The van der Waals surface area contributed by atoms with E-state index < -0.39 is 0 Å². The molecule has 0 saturated carbocycles. The van der Waals surface area contributed by atoms with Gasteiger partial charge in [0.1, 0.15) is 0 Å². The Hall–Kier alpha value is -1.75. The van der Waals surface area contributed by atoms with Gasteiger partial charge in [-0.3, -0.25) is 0 Å². The van der Waals surface area contributed by atoms with Crippen LogP contribution in [0.5, 0.6) is 0 Å². The van der Waals surface area contributed by atoms with Gasteiger partial charge in [-0.05, 0) is 42.4 Å². The Morgan fingerprint density at radius 2 is 2.12 bits per heavy atom. The van der Waals surface area contributed by atoms with Gasteiger partial charge >= 0.3 is 0 Å². The highest BCUT2D eigenvalue weighted by molar-refractivity contribution is 5.42. The molecule has 2 rings (SSSR count). The first-order chi connectivity index (χ1) is 8.22. The molecule has 5 nitrogen and oxygen atoms in total. The molecule has 1 aromatic carbocycles. The third-order valence-electron chi connectivity index (χ3n) is 2.65. The Labute approximate surface area is 101 Å². The molecule has 1 heterocycles. The van der Waals surface area contributed by atoms with Crippen molar-refractivity contribution in [1.82, 2.24) is 25.5 Å². The predicted octanol–water partition coefficient (Wildman–Crippen LogP) is 1.39. The maximum Gasteiger partial charge on any atom is 0.170 e. The van der Waals surface area contributed by atoms with E-state index in [1.54, 1.807) is 4.68 Å². The molecule has 0 aliphatic rings. The molecule has 0 saturated heterocycles. The highest BCUT2D eigenvalue weighted by Crippen LogP contribution is 2.15. The number of hydrogen-bond donors (Lipinski definition) is 1. The maximum atomic E-state index is 4.05. The van der Waals surface area contributed by atoms with E-state index in [-0.39, 0.29) is 0 Å². The minimum atomic E-state index is 0.677. The van der Waals surface area contributed by atoms with Gasteiger partial charge < -0.3 is 5.32 Å². The first-order valence-electron chi connectivity index (χ1n) is 5.78. The van der Waals surface area contributed by atoms with Crippen molar-refractivity contribution in [3.8, 4) is 5.69 Å². The lowest BCUT2D eigenvalue weighted by molar-refractivity contribution is 0.663. The molecule has 0 fully saturated rings. The minimum absolute atomic E-state index is 0.677. The second kappa shape index (κ2) is 5.05. The van der Waals surface area contributed by atoms with Crippen LogP contribution in [-0.4, -0.2) is 26.8 Å². The third-order valence-corrected chi connectivity index (χ3v) is 2.65. The fourth-order valence-corrected chi connectivity index (χ4v) is 1.78. The fraction of sp³-hybridized carbons (Fsp3) is 0.417. The highest BCUT2D eigenvalue weighted by Gasteiger charge is 2.09. The van der Waals surface area contributed by atoms with E-state index in [9.17, 15) is 0 Å². The van der Waals surface area contributed by atoms with E-state index in [2.05, 4.69) is 59.8 Å². The molecule has 2 aromatic rings. The Morgan fingerprint density at radius 1 is 1.29 bits per heavy atom. The fourth-order valence-electron chi connectivity index (χ4n) is 1.78. The zero-order valence-corrected chi connectivity index (χ0v) is 10.4. The van der Waals surface area contributed by atoms with Crippen LogP contribution >= 0.6 is 0 Å². The molecule has 5 heteroatoms. The van der Waals surface area contributed by atoms with Crippen molar-refractivity contribution in [2.45, 2.75) is 27.3 Å². The van der Waals surface area contributed by atoms with Crippen LogP contribution in [0.2, 0.25) is 0 Å². The topological polar surface area (TPSA) is 55.6 Å². The van der Waals surface area contributed by atoms with Gasteiger partial charge in [-0.25, -0.2) is 0 Å². The van der Waals surface area contributed by atoms with Crippen LogP contribution in [0.25, 0.3) is 5.69 Å². The second-order valence-corrected chi connectivity index (χ2v) is 4.08. The molecule has 1 N–H and O–H groups in total. The summed E-state index contributed by atoms with van der Waals surface area (Å²) in [7, 11) is 0. The van der Waals surface area contributed by atoms with Gasteiger partial charge in [0.05, 0.1) is 12.2 Å². The van der Waals surface area contributed by atoms with E-state index in [0.29, 0.717) is 6.54 Å². The molecule has 0 radical (unpaired) electrons. The summed E-state index contributed by atoms with van der Waals surface area (Å²) in [5.74, 6) is 0.832. The maximum absolute atomic E-state index is 4.05. The van der Waals surface area contributed by atoms with Gasteiger partial charge in [0.15, 0.2) is 5.82 Å². The van der Waals surface area contributed by atoms with Crippen molar-refractivity contribution in [2.24, 2.45) is 0 Å². The van der Waals surface area contributed by atoms with Gasteiger partial charge in [0.25, 0.3) is 0 Å². The average molecular weight is 231 g/mol. The van der Waals surface area contributed by atoms with Crippen LogP contribution < -0.4 is 5.32 Å². The Kier molecular flexibility index (Phi) is 3.49. The molecule has 0 amide bonds. The molecule has 0 aliphatic heterocycles. The smallest absolute Gasteiger partial charge is 0.170 e. The number of nitrogens with one attached hydrogen (secondary N) is 1. The average Bonchev–Trinajstić information content (AvgIpc) is 2.74. The predicted molar refractivity (Wildman–Crippen MR) is 66.0 cm³/mol. The normalized spacial score (nSPS) is 10.8. The number of rotatable bonds is 4. The number of tetrazole rings is 1. The molecule has 0 unspecified atom stereocenters. The van der Waals surface area contributed by atoms with Crippen molar-refractivity contribution in [3.05, 3.63) is 35.2 Å². The van der Waals surface area contributed by atoms with Crippen molar-refractivity contribution in [1.29, 1.82) is 0 Å². The zero-order valence-electron chi connectivity index (χ0n) is 10.4. The molecule has 0 aliphatic carbocycles. The molecule has 17 heavy (non-hydrogen) atoms. The summed E-state index contributed by atoms with van der Waals surface area (Å²) in [6.07, 6.45) is 0. The summed E-state index contributed by atoms with van der Waals surface area (Å²) in [4.78, 5) is 0. The third kappa shape index (κ3) is 2.50. The van der Waals surface area contributed by atoms with Crippen LogP contribution in [0.3, 0.4) is 0 Å². The van der Waals surface area contributed by atoms with E-state index in [1.807, 2.05) is 0 Å². The number of aryl methyl sites for hydroxylation is 2. The van der Waals surface area contributed by atoms with Crippen LogP contribution in [0, 0.1) is 13.8 Å². The lowest BCUT2D eigenvalue weighted by Crippen LogP contribution is -2.16. The minimum Gasteiger partial charge on any atom is -0.310 e. The Balaban J connectivity index is 2.35. The van der Waals surface area contributed by atoms with Crippen molar-refractivity contribution in [2.75, 3.05) is 6.54 Å². The largest absolute Gasteiger partial charge is 0.310 e. The molecule has 0 spiro atoms. The van der Waals surface area contributed by atoms with Crippen molar-refractivity contribution in [3.63, 3.8) is 0 Å². The number of benzene rings is 1. The summed E-state index contributed by atoms with van der Waals surface area (Å²) < 4.78 is 1.79. The van der Waals surface area contributed by atoms with Crippen LogP contribution in [-0.2, 0) is 6.54 Å².